The molecule has 1 aromatic heterocycles. The first-order chi connectivity index (χ1) is 11.1. The minimum Gasteiger partial charge on any atom is -0.377 e. The number of hydrogen-bond donors (Lipinski definition) is 2. The van der Waals surface area contributed by atoms with E-state index in [9.17, 15) is 0 Å². The van der Waals surface area contributed by atoms with Crippen LogP contribution in [0.3, 0.4) is 0 Å². The van der Waals surface area contributed by atoms with Gasteiger partial charge in [-0.15, -0.1) is 35.3 Å². The van der Waals surface area contributed by atoms with Crippen LogP contribution >= 0.6 is 35.3 Å². The van der Waals surface area contributed by atoms with Crippen LogP contribution in [0.15, 0.2) is 10.4 Å². The lowest BCUT2D eigenvalue weighted by molar-refractivity contribution is -0.188. The Morgan fingerprint density at radius 2 is 2.29 bits per heavy atom. The van der Waals surface area contributed by atoms with E-state index in [1.807, 2.05) is 7.05 Å². The lowest BCUT2D eigenvalue weighted by atomic mass is 9.55. The van der Waals surface area contributed by atoms with Crippen LogP contribution in [0.4, 0.5) is 0 Å². The molecule has 3 atom stereocenters. The fourth-order valence-electron chi connectivity index (χ4n) is 3.92. The molecule has 0 bridgehead atoms. The SMILES string of the molecule is CCc1nc(CNC(=NC)NC2C3CCCOC3C2(C)C)cs1.I. The number of aliphatic imine (C=N–C) groups is 1. The van der Waals surface area contributed by atoms with Gasteiger partial charge in [0.15, 0.2) is 5.96 Å². The average Bonchev–Trinajstić information content (AvgIpc) is 3.03. The van der Waals surface area contributed by atoms with Crippen LogP contribution in [-0.4, -0.2) is 36.7 Å². The van der Waals surface area contributed by atoms with E-state index in [1.165, 1.54) is 17.8 Å². The Hall–Kier alpha value is -0.410. The Labute approximate surface area is 166 Å². The zero-order valence-corrected chi connectivity index (χ0v) is 18.1. The number of aromatic nitrogens is 1. The molecule has 2 heterocycles. The molecule has 3 rings (SSSR count). The maximum Gasteiger partial charge on any atom is 0.191 e. The second kappa shape index (κ2) is 8.31. The number of nitrogens with one attached hydrogen (secondary N) is 2. The van der Waals surface area contributed by atoms with Crippen LogP contribution in [0.1, 0.15) is 44.3 Å². The highest BCUT2D eigenvalue weighted by Crippen LogP contribution is 2.51. The number of guanidine groups is 1. The van der Waals surface area contributed by atoms with E-state index in [0.717, 1.165) is 24.7 Å². The summed E-state index contributed by atoms with van der Waals surface area (Å²) < 4.78 is 5.97. The summed E-state index contributed by atoms with van der Waals surface area (Å²) in [7, 11) is 1.83. The van der Waals surface area contributed by atoms with Gasteiger partial charge in [-0.1, -0.05) is 20.8 Å². The molecule has 0 amide bonds. The Morgan fingerprint density at radius 1 is 1.50 bits per heavy atom. The molecule has 1 saturated heterocycles. The van der Waals surface area contributed by atoms with Crippen LogP contribution in [0.5, 0.6) is 0 Å². The van der Waals surface area contributed by atoms with Crippen molar-refractivity contribution in [3.63, 3.8) is 0 Å². The smallest absolute Gasteiger partial charge is 0.191 e. The normalized spacial score (nSPS) is 28.3. The molecule has 0 aromatic carbocycles. The molecule has 2 fully saturated rings. The monoisotopic (exact) mass is 464 g/mol. The van der Waals surface area contributed by atoms with Gasteiger partial charge in [-0.25, -0.2) is 4.98 Å². The van der Waals surface area contributed by atoms with Crippen molar-refractivity contribution < 1.29 is 4.74 Å². The van der Waals surface area contributed by atoms with Gasteiger partial charge >= 0.3 is 0 Å². The number of hydrogen-bond acceptors (Lipinski definition) is 4. The molecule has 2 aliphatic rings. The van der Waals surface area contributed by atoms with Gasteiger partial charge in [-0.3, -0.25) is 4.99 Å². The summed E-state index contributed by atoms with van der Waals surface area (Å²) in [4.78, 5) is 8.98. The molecule has 136 valence electrons. The van der Waals surface area contributed by atoms with E-state index in [0.29, 0.717) is 24.6 Å². The standard InChI is InChI=1S/C17H28N4OS.HI/c1-5-13-20-11(10-23-13)9-19-16(18-4)21-14-12-7-6-8-22-15(12)17(14,2)3;/h10,12,14-15H,5-9H2,1-4H3,(H2,18,19,21);1H. The molecule has 2 N–H and O–H groups in total. The molecule has 0 radical (unpaired) electrons. The minimum atomic E-state index is 0. The summed E-state index contributed by atoms with van der Waals surface area (Å²) in [6.07, 6.45) is 3.80. The Balaban J connectivity index is 0.00000208. The molecule has 1 aliphatic carbocycles. The summed E-state index contributed by atoms with van der Waals surface area (Å²) in [5.74, 6) is 1.46. The van der Waals surface area contributed by atoms with Gasteiger partial charge in [-0.2, -0.15) is 0 Å². The van der Waals surface area contributed by atoms with E-state index < -0.39 is 0 Å². The summed E-state index contributed by atoms with van der Waals surface area (Å²) in [6.45, 7) is 8.34. The van der Waals surface area contributed by atoms with Gasteiger partial charge in [0.1, 0.15) is 0 Å². The van der Waals surface area contributed by atoms with E-state index in [4.69, 9.17) is 4.74 Å². The third kappa shape index (κ3) is 3.88. The fraction of sp³-hybridized carbons (Fsp3) is 0.765. The van der Waals surface area contributed by atoms with E-state index in [-0.39, 0.29) is 29.4 Å². The van der Waals surface area contributed by atoms with E-state index in [1.54, 1.807) is 11.3 Å². The molecule has 1 saturated carbocycles. The first-order valence-corrected chi connectivity index (χ1v) is 9.46. The second-order valence-corrected chi connectivity index (χ2v) is 8.00. The molecule has 0 spiro atoms. The van der Waals surface area contributed by atoms with Crippen molar-refractivity contribution in [2.75, 3.05) is 13.7 Å². The Bertz CT molecular complexity index is 575. The predicted octanol–water partition coefficient (Wildman–Crippen LogP) is 3.19. The van der Waals surface area contributed by atoms with Gasteiger partial charge in [0.25, 0.3) is 0 Å². The van der Waals surface area contributed by atoms with E-state index >= 15 is 0 Å². The Kier molecular flexibility index (Phi) is 6.90. The zero-order valence-electron chi connectivity index (χ0n) is 15.0. The van der Waals surface area contributed by atoms with Crippen LogP contribution in [-0.2, 0) is 17.7 Å². The lowest BCUT2D eigenvalue weighted by Gasteiger charge is -2.60. The van der Waals surface area contributed by atoms with E-state index in [2.05, 4.69) is 46.8 Å². The first-order valence-electron chi connectivity index (χ1n) is 8.58. The summed E-state index contributed by atoms with van der Waals surface area (Å²) in [6, 6.07) is 0.417. The lowest BCUT2D eigenvalue weighted by Crippen LogP contribution is -2.71. The number of thiazole rings is 1. The molecule has 3 unspecified atom stereocenters. The number of nitrogens with zero attached hydrogens (tertiary/aromatic N) is 2. The second-order valence-electron chi connectivity index (χ2n) is 7.05. The molecular formula is C17H29IN4OS. The van der Waals surface area contributed by atoms with Gasteiger partial charge in [0.05, 0.1) is 23.4 Å². The maximum atomic E-state index is 5.97. The van der Waals surface area contributed by atoms with Crippen LogP contribution in [0.2, 0.25) is 0 Å². The van der Waals surface area contributed by atoms with Crippen molar-refractivity contribution in [2.45, 2.75) is 58.7 Å². The molecular weight excluding hydrogens is 435 g/mol. The summed E-state index contributed by atoms with van der Waals surface area (Å²) in [5, 5.41) is 10.3. The number of halogens is 1. The van der Waals surface area contributed by atoms with Crippen molar-refractivity contribution in [1.82, 2.24) is 15.6 Å². The number of fused-ring (bicyclic) bond motifs is 1. The van der Waals surface area contributed by atoms with Crippen molar-refractivity contribution in [3.8, 4) is 0 Å². The van der Waals surface area contributed by atoms with Gasteiger partial charge in [0, 0.05) is 36.4 Å². The maximum absolute atomic E-state index is 5.97. The highest BCUT2D eigenvalue weighted by molar-refractivity contribution is 14.0. The average molecular weight is 464 g/mol. The highest BCUT2D eigenvalue weighted by atomic mass is 127. The third-order valence-corrected chi connectivity index (χ3v) is 6.23. The van der Waals surface area contributed by atoms with Crippen molar-refractivity contribution in [3.05, 3.63) is 16.1 Å². The third-order valence-electron chi connectivity index (χ3n) is 5.19. The number of rotatable bonds is 4. The van der Waals surface area contributed by atoms with Crippen molar-refractivity contribution in [1.29, 1.82) is 0 Å². The number of aryl methyl sites for hydroxylation is 1. The van der Waals surface area contributed by atoms with Gasteiger partial charge in [-0.05, 0) is 19.3 Å². The molecule has 7 heteroatoms. The fourth-order valence-corrected chi connectivity index (χ4v) is 4.67. The molecule has 24 heavy (non-hydrogen) atoms. The zero-order chi connectivity index (χ0) is 16.4. The highest BCUT2D eigenvalue weighted by Gasteiger charge is 2.58. The van der Waals surface area contributed by atoms with Crippen LogP contribution in [0.25, 0.3) is 0 Å². The largest absolute Gasteiger partial charge is 0.377 e. The van der Waals surface area contributed by atoms with Crippen molar-refractivity contribution >= 4 is 41.3 Å². The first kappa shape index (κ1) is 19.9. The minimum absolute atomic E-state index is 0. The summed E-state index contributed by atoms with van der Waals surface area (Å²) >= 11 is 1.73. The quantitative estimate of drug-likeness (QED) is 0.408. The predicted molar refractivity (Wildman–Crippen MR) is 110 cm³/mol. The molecule has 1 aliphatic heterocycles. The molecule has 5 nitrogen and oxygen atoms in total. The Morgan fingerprint density at radius 3 is 2.96 bits per heavy atom. The number of ether oxygens (including phenoxy) is 1. The van der Waals surface area contributed by atoms with Crippen molar-refractivity contribution in [2.24, 2.45) is 16.3 Å². The topological polar surface area (TPSA) is 58.5 Å². The van der Waals surface area contributed by atoms with Gasteiger partial charge < -0.3 is 15.4 Å². The van der Waals surface area contributed by atoms with Crippen LogP contribution in [0, 0.1) is 11.3 Å². The summed E-state index contributed by atoms with van der Waals surface area (Å²) in [5.41, 5.74) is 1.24. The molecule has 1 aromatic rings. The van der Waals surface area contributed by atoms with Crippen LogP contribution < -0.4 is 10.6 Å². The van der Waals surface area contributed by atoms with Gasteiger partial charge in [0.2, 0.25) is 0 Å².